The molecule has 0 aliphatic carbocycles. The molecule has 1 amide bonds. The van der Waals surface area contributed by atoms with Crippen molar-refractivity contribution in [3.05, 3.63) is 57.5 Å². The van der Waals surface area contributed by atoms with E-state index >= 15 is 0 Å². The summed E-state index contributed by atoms with van der Waals surface area (Å²) >= 11 is 9.76. The zero-order chi connectivity index (χ0) is 16.2. The quantitative estimate of drug-likeness (QED) is 0.847. The molecule has 1 saturated heterocycles. The molecule has 1 heterocycles. The highest BCUT2D eigenvalue weighted by Crippen LogP contribution is 2.30. The fraction of sp³-hybridized carbons (Fsp3) is 0.235. The monoisotopic (exact) mass is 394 g/mol. The van der Waals surface area contributed by atoms with Crippen molar-refractivity contribution in [1.82, 2.24) is 0 Å². The lowest BCUT2D eigenvalue weighted by molar-refractivity contribution is 0.102. The maximum absolute atomic E-state index is 12.3. The van der Waals surface area contributed by atoms with Gasteiger partial charge in [-0.3, -0.25) is 4.79 Å². The SMILES string of the molecule is O=C(Nc1ccc(N2CCOCC2)c(Cl)c1)c1ccccc1Br. The van der Waals surface area contributed by atoms with Crippen molar-refractivity contribution in [1.29, 1.82) is 0 Å². The van der Waals surface area contributed by atoms with Gasteiger partial charge in [0, 0.05) is 23.2 Å². The number of halogens is 2. The van der Waals surface area contributed by atoms with E-state index in [1.807, 2.05) is 30.3 Å². The van der Waals surface area contributed by atoms with Gasteiger partial charge in [0.25, 0.3) is 5.91 Å². The minimum absolute atomic E-state index is 0.173. The molecule has 0 spiro atoms. The number of nitrogens with zero attached hydrogens (tertiary/aromatic N) is 1. The van der Waals surface area contributed by atoms with Gasteiger partial charge in [-0.05, 0) is 46.3 Å². The summed E-state index contributed by atoms with van der Waals surface area (Å²) in [7, 11) is 0. The van der Waals surface area contributed by atoms with Crippen LogP contribution in [0.3, 0.4) is 0 Å². The van der Waals surface area contributed by atoms with E-state index in [4.69, 9.17) is 16.3 Å². The predicted octanol–water partition coefficient (Wildman–Crippen LogP) is 4.19. The molecule has 4 nitrogen and oxygen atoms in total. The Balaban J connectivity index is 1.75. The van der Waals surface area contributed by atoms with Crippen molar-refractivity contribution in [3.8, 4) is 0 Å². The van der Waals surface area contributed by atoms with Crippen LogP contribution in [0, 0.1) is 0 Å². The molecule has 2 aromatic carbocycles. The molecular weight excluding hydrogens is 380 g/mol. The summed E-state index contributed by atoms with van der Waals surface area (Å²) in [5.41, 5.74) is 2.22. The third-order valence-corrected chi connectivity index (χ3v) is 4.67. The number of carbonyl (C=O) groups is 1. The number of nitrogens with one attached hydrogen (secondary N) is 1. The molecule has 0 saturated carbocycles. The van der Waals surface area contributed by atoms with Gasteiger partial charge in [-0.15, -0.1) is 0 Å². The number of hydrogen-bond donors (Lipinski definition) is 1. The summed E-state index contributed by atoms with van der Waals surface area (Å²) in [4.78, 5) is 14.5. The van der Waals surface area contributed by atoms with Gasteiger partial charge in [0.1, 0.15) is 0 Å². The van der Waals surface area contributed by atoms with E-state index in [0.717, 1.165) is 23.2 Å². The third kappa shape index (κ3) is 3.86. The first kappa shape index (κ1) is 16.3. The van der Waals surface area contributed by atoms with Crippen LogP contribution in [0.4, 0.5) is 11.4 Å². The largest absolute Gasteiger partial charge is 0.378 e. The minimum atomic E-state index is -0.173. The van der Waals surface area contributed by atoms with Crippen LogP contribution in [-0.2, 0) is 4.74 Å². The second-order valence-corrected chi connectivity index (χ2v) is 6.46. The number of anilines is 2. The molecule has 120 valence electrons. The first-order valence-corrected chi connectivity index (χ1v) is 8.50. The van der Waals surface area contributed by atoms with E-state index in [-0.39, 0.29) is 5.91 Å². The van der Waals surface area contributed by atoms with Gasteiger partial charge in [-0.2, -0.15) is 0 Å². The molecule has 6 heteroatoms. The summed E-state index contributed by atoms with van der Waals surface area (Å²) in [5, 5.41) is 3.50. The minimum Gasteiger partial charge on any atom is -0.378 e. The van der Waals surface area contributed by atoms with Crippen molar-refractivity contribution in [2.75, 3.05) is 36.5 Å². The predicted molar refractivity (Wildman–Crippen MR) is 96.6 cm³/mol. The van der Waals surface area contributed by atoms with E-state index in [9.17, 15) is 4.79 Å². The lowest BCUT2D eigenvalue weighted by Crippen LogP contribution is -2.36. The number of rotatable bonds is 3. The molecule has 2 aromatic rings. The fourth-order valence-corrected chi connectivity index (χ4v) is 3.25. The van der Waals surface area contributed by atoms with Crippen molar-refractivity contribution in [2.45, 2.75) is 0 Å². The molecule has 0 unspecified atom stereocenters. The summed E-state index contributed by atoms with van der Waals surface area (Å²) in [5.74, 6) is -0.173. The van der Waals surface area contributed by atoms with Crippen molar-refractivity contribution in [3.63, 3.8) is 0 Å². The van der Waals surface area contributed by atoms with E-state index in [2.05, 4.69) is 26.1 Å². The van der Waals surface area contributed by atoms with Gasteiger partial charge in [0.15, 0.2) is 0 Å². The van der Waals surface area contributed by atoms with Crippen LogP contribution >= 0.6 is 27.5 Å². The molecule has 0 bridgehead atoms. The first-order valence-electron chi connectivity index (χ1n) is 7.33. The lowest BCUT2D eigenvalue weighted by atomic mass is 10.2. The van der Waals surface area contributed by atoms with E-state index < -0.39 is 0 Å². The van der Waals surface area contributed by atoms with Crippen LogP contribution in [0.25, 0.3) is 0 Å². The summed E-state index contributed by atoms with van der Waals surface area (Å²) in [6, 6.07) is 12.9. The van der Waals surface area contributed by atoms with Gasteiger partial charge < -0.3 is 15.0 Å². The van der Waals surface area contributed by atoms with E-state index in [0.29, 0.717) is 29.5 Å². The topological polar surface area (TPSA) is 41.6 Å². The highest BCUT2D eigenvalue weighted by atomic mass is 79.9. The van der Waals surface area contributed by atoms with Gasteiger partial charge in [-0.1, -0.05) is 23.7 Å². The Morgan fingerprint density at radius 2 is 1.91 bits per heavy atom. The highest BCUT2D eigenvalue weighted by molar-refractivity contribution is 9.10. The van der Waals surface area contributed by atoms with E-state index in [1.165, 1.54) is 0 Å². The zero-order valence-electron chi connectivity index (χ0n) is 12.4. The Labute approximate surface area is 148 Å². The summed E-state index contributed by atoms with van der Waals surface area (Å²) < 4.78 is 6.11. The van der Waals surface area contributed by atoms with Crippen LogP contribution in [0.2, 0.25) is 5.02 Å². The normalized spacial score (nSPS) is 14.6. The van der Waals surface area contributed by atoms with E-state index in [1.54, 1.807) is 12.1 Å². The molecule has 1 aliphatic heterocycles. The molecule has 3 rings (SSSR count). The van der Waals surface area contributed by atoms with Crippen molar-refractivity contribution >= 4 is 44.8 Å². The molecule has 1 N–H and O–H groups in total. The second kappa shape index (κ2) is 7.34. The Hall–Kier alpha value is -1.56. The maximum atomic E-state index is 12.3. The Bertz CT molecular complexity index is 717. The average Bonchev–Trinajstić information content (AvgIpc) is 2.56. The van der Waals surface area contributed by atoms with Gasteiger partial charge >= 0.3 is 0 Å². The molecule has 1 aliphatic rings. The van der Waals surface area contributed by atoms with Gasteiger partial charge in [0.2, 0.25) is 0 Å². The lowest BCUT2D eigenvalue weighted by Gasteiger charge is -2.29. The number of ether oxygens (including phenoxy) is 1. The standard InChI is InChI=1S/C17H16BrClN2O2/c18-14-4-2-1-3-13(14)17(22)20-12-5-6-16(15(19)11-12)21-7-9-23-10-8-21/h1-6,11H,7-10H2,(H,20,22). The second-order valence-electron chi connectivity index (χ2n) is 5.20. The summed E-state index contributed by atoms with van der Waals surface area (Å²) in [6.07, 6.45) is 0. The number of amides is 1. The van der Waals surface area contributed by atoms with Crippen molar-refractivity contribution in [2.24, 2.45) is 0 Å². The fourth-order valence-electron chi connectivity index (χ4n) is 2.49. The average molecular weight is 396 g/mol. The van der Waals surface area contributed by atoms with Gasteiger partial charge in [0.05, 0.1) is 29.5 Å². The number of benzene rings is 2. The third-order valence-electron chi connectivity index (χ3n) is 3.68. The van der Waals surface area contributed by atoms with Crippen LogP contribution in [0.15, 0.2) is 46.9 Å². The Morgan fingerprint density at radius 1 is 1.17 bits per heavy atom. The van der Waals surface area contributed by atoms with Crippen LogP contribution < -0.4 is 10.2 Å². The molecule has 23 heavy (non-hydrogen) atoms. The number of morpholine rings is 1. The molecular formula is C17H16BrClN2O2. The Kier molecular flexibility index (Phi) is 5.20. The summed E-state index contributed by atoms with van der Waals surface area (Å²) in [6.45, 7) is 3.05. The van der Waals surface area contributed by atoms with Crippen molar-refractivity contribution < 1.29 is 9.53 Å². The molecule has 0 aromatic heterocycles. The van der Waals surface area contributed by atoms with Crippen LogP contribution in [0.1, 0.15) is 10.4 Å². The van der Waals surface area contributed by atoms with Crippen LogP contribution in [0.5, 0.6) is 0 Å². The zero-order valence-corrected chi connectivity index (χ0v) is 14.7. The van der Waals surface area contributed by atoms with Crippen LogP contribution in [-0.4, -0.2) is 32.2 Å². The Morgan fingerprint density at radius 3 is 2.61 bits per heavy atom. The van der Waals surface area contributed by atoms with Gasteiger partial charge in [-0.25, -0.2) is 0 Å². The molecule has 0 radical (unpaired) electrons. The number of carbonyl (C=O) groups excluding carboxylic acids is 1. The molecule has 1 fully saturated rings. The highest BCUT2D eigenvalue weighted by Gasteiger charge is 2.15. The maximum Gasteiger partial charge on any atom is 0.256 e. The number of hydrogen-bond acceptors (Lipinski definition) is 3. The first-order chi connectivity index (χ1) is 11.1. The molecule has 0 atom stereocenters. The smallest absolute Gasteiger partial charge is 0.256 e.